The van der Waals surface area contributed by atoms with Gasteiger partial charge in [-0.25, -0.2) is 0 Å². The Bertz CT molecular complexity index is 783. The molecular weight excluding hydrogens is 306 g/mol. The van der Waals surface area contributed by atoms with Crippen molar-refractivity contribution < 1.29 is 4.74 Å². The van der Waals surface area contributed by atoms with Gasteiger partial charge in [-0.05, 0) is 42.2 Å². The number of rotatable bonds is 8. The van der Waals surface area contributed by atoms with E-state index < -0.39 is 0 Å². The molecule has 128 valence electrons. The van der Waals surface area contributed by atoms with Gasteiger partial charge in [0.25, 0.3) is 0 Å². The minimum absolute atomic E-state index is 0.691. The lowest BCUT2D eigenvalue weighted by Crippen LogP contribution is -2.06. The fraction of sp³-hybridized carbons (Fsp3) is 0.217. The molecule has 0 atom stereocenters. The van der Waals surface area contributed by atoms with E-state index in [1.807, 2.05) is 18.2 Å². The van der Waals surface area contributed by atoms with Crippen LogP contribution in [0.1, 0.15) is 16.7 Å². The summed E-state index contributed by atoms with van der Waals surface area (Å²) in [6.45, 7) is 3.77. The van der Waals surface area contributed by atoms with Crippen LogP contribution in [-0.4, -0.2) is 13.2 Å². The Hall–Kier alpha value is -2.74. The van der Waals surface area contributed by atoms with Crippen molar-refractivity contribution in [3.8, 4) is 5.75 Å². The van der Waals surface area contributed by atoms with Crippen LogP contribution >= 0.6 is 0 Å². The summed E-state index contributed by atoms with van der Waals surface area (Å²) in [6, 6.07) is 27.2. The number of ether oxygens (including phenoxy) is 1. The van der Waals surface area contributed by atoms with Gasteiger partial charge in [0.05, 0.1) is 6.61 Å². The normalized spacial score (nSPS) is 10.4. The summed E-state index contributed by atoms with van der Waals surface area (Å²) in [5, 5.41) is 3.49. The molecule has 0 heterocycles. The van der Waals surface area contributed by atoms with Crippen LogP contribution in [0.4, 0.5) is 5.69 Å². The molecule has 0 bridgehead atoms. The van der Waals surface area contributed by atoms with E-state index in [0.29, 0.717) is 6.61 Å². The van der Waals surface area contributed by atoms with Gasteiger partial charge in [-0.3, -0.25) is 0 Å². The molecule has 2 heteroatoms. The van der Waals surface area contributed by atoms with Gasteiger partial charge in [0.2, 0.25) is 0 Å². The van der Waals surface area contributed by atoms with Crippen LogP contribution in [-0.2, 0) is 12.8 Å². The molecule has 3 aromatic carbocycles. The lowest BCUT2D eigenvalue weighted by atomic mass is 10.1. The van der Waals surface area contributed by atoms with Crippen molar-refractivity contribution in [2.45, 2.75) is 19.8 Å². The maximum atomic E-state index is 5.89. The molecule has 0 radical (unpaired) electrons. The van der Waals surface area contributed by atoms with Crippen LogP contribution in [0, 0.1) is 6.92 Å². The SMILES string of the molecule is Cc1ccccc1CCNc1cccc(OCCc2ccccc2)c1. The molecule has 0 aliphatic carbocycles. The molecule has 0 saturated carbocycles. The van der Waals surface area contributed by atoms with E-state index in [1.165, 1.54) is 16.7 Å². The molecule has 0 aromatic heterocycles. The van der Waals surface area contributed by atoms with E-state index in [0.717, 1.165) is 30.8 Å². The van der Waals surface area contributed by atoms with E-state index in [1.54, 1.807) is 0 Å². The first-order valence-electron chi connectivity index (χ1n) is 8.86. The second-order valence-electron chi connectivity index (χ2n) is 6.22. The van der Waals surface area contributed by atoms with Gasteiger partial charge >= 0.3 is 0 Å². The van der Waals surface area contributed by atoms with Crippen molar-refractivity contribution in [3.63, 3.8) is 0 Å². The van der Waals surface area contributed by atoms with Gasteiger partial charge < -0.3 is 10.1 Å². The number of anilines is 1. The molecule has 0 fully saturated rings. The molecule has 25 heavy (non-hydrogen) atoms. The van der Waals surface area contributed by atoms with E-state index in [-0.39, 0.29) is 0 Å². The largest absolute Gasteiger partial charge is 0.493 e. The number of hydrogen-bond acceptors (Lipinski definition) is 2. The van der Waals surface area contributed by atoms with Crippen LogP contribution in [0.2, 0.25) is 0 Å². The van der Waals surface area contributed by atoms with E-state index in [2.05, 4.69) is 72.9 Å². The van der Waals surface area contributed by atoms with Gasteiger partial charge in [-0.15, -0.1) is 0 Å². The maximum Gasteiger partial charge on any atom is 0.121 e. The first kappa shape index (κ1) is 17.1. The minimum Gasteiger partial charge on any atom is -0.493 e. The summed E-state index contributed by atoms with van der Waals surface area (Å²) in [4.78, 5) is 0. The van der Waals surface area contributed by atoms with Crippen molar-refractivity contribution in [3.05, 3.63) is 95.6 Å². The zero-order valence-corrected chi connectivity index (χ0v) is 14.7. The van der Waals surface area contributed by atoms with E-state index in [9.17, 15) is 0 Å². The van der Waals surface area contributed by atoms with E-state index in [4.69, 9.17) is 4.74 Å². The van der Waals surface area contributed by atoms with Crippen LogP contribution in [0.3, 0.4) is 0 Å². The predicted octanol–water partition coefficient (Wildman–Crippen LogP) is 5.27. The second-order valence-corrected chi connectivity index (χ2v) is 6.22. The van der Waals surface area contributed by atoms with E-state index >= 15 is 0 Å². The Morgan fingerprint density at radius 3 is 2.44 bits per heavy atom. The molecule has 3 aromatic rings. The van der Waals surface area contributed by atoms with Crippen LogP contribution < -0.4 is 10.1 Å². The highest BCUT2D eigenvalue weighted by atomic mass is 16.5. The fourth-order valence-electron chi connectivity index (χ4n) is 2.86. The van der Waals surface area contributed by atoms with Crippen LogP contribution in [0.5, 0.6) is 5.75 Å². The summed E-state index contributed by atoms with van der Waals surface area (Å²) >= 11 is 0. The average Bonchev–Trinajstić information content (AvgIpc) is 2.65. The summed E-state index contributed by atoms with van der Waals surface area (Å²) in [7, 11) is 0. The summed E-state index contributed by atoms with van der Waals surface area (Å²) in [6.07, 6.45) is 1.94. The summed E-state index contributed by atoms with van der Waals surface area (Å²) in [5.74, 6) is 0.914. The highest BCUT2D eigenvalue weighted by Crippen LogP contribution is 2.18. The zero-order valence-electron chi connectivity index (χ0n) is 14.7. The third kappa shape index (κ3) is 5.39. The van der Waals surface area contributed by atoms with Crippen LogP contribution in [0.15, 0.2) is 78.9 Å². The van der Waals surface area contributed by atoms with Gasteiger partial charge in [0.1, 0.15) is 5.75 Å². The molecule has 1 N–H and O–H groups in total. The summed E-state index contributed by atoms with van der Waals surface area (Å²) in [5.41, 5.74) is 5.15. The van der Waals surface area contributed by atoms with Crippen molar-refractivity contribution in [1.29, 1.82) is 0 Å². The molecule has 0 aliphatic heterocycles. The molecule has 0 unspecified atom stereocenters. The Morgan fingerprint density at radius 1 is 0.800 bits per heavy atom. The Morgan fingerprint density at radius 2 is 1.60 bits per heavy atom. The van der Waals surface area contributed by atoms with Gasteiger partial charge in [0, 0.05) is 24.7 Å². The lowest BCUT2D eigenvalue weighted by Gasteiger charge is -2.11. The number of hydrogen-bond donors (Lipinski definition) is 1. The second kappa shape index (κ2) is 8.93. The standard InChI is InChI=1S/C23H25NO/c1-19-8-5-6-11-21(19)14-16-24-22-12-7-13-23(18-22)25-17-15-20-9-3-2-4-10-20/h2-13,18,24H,14-17H2,1H3. The molecule has 0 saturated heterocycles. The third-order valence-electron chi connectivity index (χ3n) is 4.32. The number of nitrogens with one attached hydrogen (secondary N) is 1. The fourth-order valence-corrected chi connectivity index (χ4v) is 2.86. The first-order valence-corrected chi connectivity index (χ1v) is 8.86. The Labute approximate surface area is 150 Å². The van der Waals surface area contributed by atoms with Gasteiger partial charge in [-0.2, -0.15) is 0 Å². The third-order valence-corrected chi connectivity index (χ3v) is 4.32. The Balaban J connectivity index is 1.47. The molecule has 3 rings (SSSR count). The molecule has 2 nitrogen and oxygen atoms in total. The van der Waals surface area contributed by atoms with Gasteiger partial charge in [0.15, 0.2) is 0 Å². The number of aryl methyl sites for hydroxylation is 1. The molecular formula is C23H25NO. The Kier molecular flexibility index (Phi) is 6.11. The lowest BCUT2D eigenvalue weighted by molar-refractivity contribution is 0.322. The summed E-state index contributed by atoms with van der Waals surface area (Å²) < 4.78 is 5.89. The maximum absolute atomic E-state index is 5.89. The predicted molar refractivity (Wildman–Crippen MR) is 105 cm³/mol. The van der Waals surface area contributed by atoms with Gasteiger partial charge in [-0.1, -0.05) is 60.7 Å². The smallest absolute Gasteiger partial charge is 0.121 e. The molecule has 0 spiro atoms. The van der Waals surface area contributed by atoms with Crippen molar-refractivity contribution >= 4 is 5.69 Å². The highest BCUT2D eigenvalue weighted by Gasteiger charge is 2.00. The van der Waals surface area contributed by atoms with Crippen molar-refractivity contribution in [2.75, 3.05) is 18.5 Å². The average molecular weight is 331 g/mol. The highest BCUT2D eigenvalue weighted by molar-refractivity contribution is 5.48. The quantitative estimate of drug-likeness (QED) is 0.607. The van der Waals surface area contributed by atoms with Crippen molar-refractivity contribution in [2.24, 2.45) is 0 Å². The zero-order chi connectivity index (χ0) is 17.3. The minimum atomic E-state index is 0.691. The van der Waals surface area contributed by atoms with Crippen molar-refractivity contribution in [1.82, 2.24) is 0 Å². The number of benzene rings is 3. The molecule has 0 aliphatic rings. The first-order chi connectivity index (χ1) is 12.3. The topological polar surface area (TPSA) is 21.3 Å². The van der Waals surface area contributed by atoms with Crippen LogP contribution in [0.25, 0.3) is 0 Å². The monoisotopic (exact) mass is 331 g/mol. The molecule has 0 amide bonds.